The van der Waals surface area contributed by atoms with Crippen molar-refractivity contribution in [2.24, 2.45) is 0 Å². The van der Waals surface area contributed by atoms with Gasteiger partial charge in [0, 0.05) is 0 Å². The number of hydrogen-bond acceptors (Lipinski definition) is 6. The zero-order valence-corrected chi connectivity index (χ0v) is 28.2. The Hall–Kier alpha value is -3.42. The van der Waals surface area contributed by atoms with Gasteiger partial charge in [-0.2, -0.15) is 0 Å². The molecule has 0 bridgehead atoms. The normalized spacial score (nSPS) is 12.0. The predicted octanol–water partition coefficient (Wildman–Crippen LogP) is 10.5. The molecule has 0 N–H and O–H groups in total. The van der Waals surface area contributed by atoms with E-state index in [1.165, 1.54) is 0 Å². The molecule has 0 spiro atoms. The summed E-state index contributed by atoms with van der Waals surface area (Å²) in [5.74, 6) is -1.40. The number of hydrogen-bond donors (Lipinski definition) is 0. The molecule has 0 aromatic heterocycles. The molecule has 46 heavy (non-hydrogen) atoms. The van der Waals surface area contributed by atoms with E-state index in [1.807, 2.05) is 72.8 Å². The fourth-order valence-electron chi connectivity index (χ4n) is 4.97. The van der Waals surface area contributed by atoms with E-state index < -0.39 is 11.9 Å². The van der Waals surface area contributed by atoms with Gasteiger partial charge in [0.2, 0.25) is 0 Å². The number of rotatable bonds is 22. The molecular weight excluding hydrogens is 576 g/mol. The molecule has 4 aromatic carbocycles. The van der Waals surface area contributed by atoms with E-state index >= 15 is 0 Å². The van der Waals surface area contributed by atoms with Gasteiger partial charge in [0.05, 0.1) is 37.6 Å². The molecule has 0 saturated heterocycles. The third-order valence-electron chi connectivity index (χ3n) is 7.70. The first-order chi connectivity index (χ1) is 22.6. The number of fused-ring (bicyclic) bond motifs is 1. The number of unbranched alkanes of at least 4 members (excludes halogenated alkanes) is 4. The molecule has 0 fully saturated rings. The van der Waals surface area contributed by atoms with Crippen LogP contribution in [0.5, 0.6) is 11.5 Å². The highest BCUT2D eigenvalue weighted by Crippen LogP contribution is 2.37. The average Bonchev–Trinajstić information content (AvgIpc) is 3.09. The molecule has 4 aromatic rings. The van der Waals surface area contributed by atoms with Crippen LogP contribution >= 0.6 is 0 Å². The largest absolute Gasteiger partial charge is 0.435 e. The smallest absolute Gasteiger partial charge is 0.356 e. The molecule has 0 radical (unpaired) electrons. The van der Waals surface area contributed by atoms with Gasteiger partial charge in [-0.25, -0.2) is 0 Å². The second kappa shape index (κ2) is 18.7. The highest BCUT2D eigenvalue weighted by atomic mass is 16.9. The first-order valence-corrected chi connectivity index (χ1v) is 17.2. The molecule has 6 nitrogen and oxygen atoms in total. The van der Waals surface area contributed by atoms with Crippen molar-refractivity contribution >= 4 is 10.8 Å². The van der Waals surface area contributed by atoms with Crippen molar-refractivity contribution in [3.05, 3.63) is 108 Å². The lowest BCUT2D eigenvalue weighted by atomic mass is 10.0. The van der Waals surface area contributed by atoms with E-state index in [0.717, 1.165) is 73.3 Å². The maximum atomic E-state index is 6.58. The highest BCUT2D eigenvalue weighted by molar-refractivity contribution is 5.84. The summed E-state index contributed by atoms with van der Waals surface area (Å²) in [5.41, 5.74) is 1.60. The molecule has 0 atom stereocenters. The molecule has 248 valence electrons. The summed E-state index contributed by atoms with van der Waals surface area (Å²) in [6.45, 7) is 10.6. The van der Waals surface area contributed by atoms with Crippen LogP contribution < -0.4 is 9.47 Å². The monoisotopic (exact) mass is 628 g/mol. The second-order valence-corrected chi connectivity index (χ2v) is 11.5. The van der Waals surface area contributed by atoms with Crippen LogP contribution in [0, 0.1) is 0 Å². The van der Waals surface area contributed by atoms with Gasteiger partial charge < -0.3 is 28.4 Å². The summed E-state index contributed by atoms with van der Waals surface area (Å²) >= 11 is 0. The van der Waals surface area contributed by atoms with Crippen molar-refractivity contribution in [1.82, 2.24) is 0 Å². The van der Waals surface area contributed by atoms with Crippen molar-refractivity contribution in [3.8, 4) is 11.5 Å². The summed E-state index contributed by atoms with van der Waals surface area (Å²) < 4.78 is 39.2. The number of para-hydroxylation sites is 2. The molecular formula is C40H52O6. The fraction of sp³-hybridized carbons (Fsp3) is 0.450. The van der Waals surface area contributed by atoms with Crippen LogP contribution in [0.25, 0.3) is 10.8 Å². The van der Waals surface area contributed by atoms with E-state index in [2.05, 4.69) is 52.0 Å². The van der Waals surface area contributed by atoms with Crippen molar-refractivity contribution in [2.75, 3.05) is 26.4 Å². The van der Waals surface area contributed by atoms with Crippen molar-refractivity contribution in [2.45, 2.75) is 91.0 Å². The van der Waals surface area contributed by atoms with Crippen LogP contribution in [-0.2, 0) is 30.9 Å². The van der Waals surface area contributed by atoms with Gasteiger partial charge in [-0.05, 0) is 85.0 Å². The van der Waals surface area contributed by atoms with E-state index in [-0.39, 0.29) is 0 Å². The van der Waals surface area contributed by atoms with Gasteiger partial charge in [-0.3, -0.25) is 0 Å². The number of ether oxygens (including phenoxy) is 6. The quantitative estimate of drug-likeness (QED) is 0.0638. The first kappa shape index (κ1) is 35.4. The van der Waals surface area contributed by atoms with Gasteiger partial charge in [-0.15, -0.1) is 0 Å². The Kier molecular flexibility index (Phi) is 14.4. The molecule has 0 amide bonds. The molecule has 0 unspecified atom stereocenters. The topological polar surface area (TPSA) is 55.4 Å². The van der Waals surface area contributed by atoms with Crippen molar-refractivity contribution in [3.63, 3.8) is 0 Å². The summed E-state index contributed by atoms with van der Waals surface area (Å²) in [6.07, 6.45) is 7.60. The van der Waals surface area contributed by atoms with Crippen molar-refractivity contribution in [1.29, 1.82) is 0 Å². The third kappa shape index (κ3) is 9.79. The van der Waals surface area contributed by atoms with Crippen LogP contribution in [0.2, 0.25) is 0 Å². The Morgan fingerprint density at radius 1 is 0.413 bits per heavy atom. The lowest BCUT2D eigenvalue weighted by Gasteiger charge is -2.35. The maximum absolute atomic E-state index is 6.58. The van der Waals surface area contributed by atoms with Crippen LogP contribution in [0.1, 0.15) is 90.2 Å². The predicted molar refractivity (Wildman–Crippen MR) is 185 cm³/mol. The Bertz CT molecular complexity index is 1280. The van der Waals surface area contributed by atoms with Gasteiger partial charge >= 0.3 is 11.9 Å². The van der Waals surface area contributed by atoms with Gasteiger partial charge in [0.15, 0.2) is 0 Å². The summed E-state index contributed by atoms with van der Waals surface area (Å²) in [4.78, 5) is 0. The lowest BCUT2D eigenvalue weighted by Crippen LogP contribution is -2.40. The zero-order chi connectivity index (χ0) is 32.5. The van der Waals surface area contributed by atoms with E-state index in [1.54, 1.807) is 0 Å². The third-order valence-corrected chi connectivity index (χ3v) is 7.70. The molecule has 0 aliphatic heterocycles. The number of benzene rings is 4. The van der Waals surface area contributed by atoms with E-state index in [0.29, 0.717) is 37.9 Å². The van der Waals surface area contributed by atoms with Crippen LogP contribution in [-0.4, -0.2) is 26.4 Å². The van der Waals surface area contributed by atoms with Gasteiger partial charge in [-0.1, -0.05) is 102 Å². The Morgan fingerprint density at radius 2 is 0.739 bits per heavy atom. The van der Waals surface area contributed by atoms with Crippen LogP contribution in [0.3, 0.4) is 0 Å². The molecule has 4 rings (SSSR count). The lowest BCUT2D eigenvalue weighted by molar-refractivity contribution is -0.356. The van der Waals surface area contributed by atoms with E-state index in [4.69, 9.17) is 28.4 Å². The standard InChI is InChI=1S/C40H52O6/c1-5-9-27-41-39(42-28-10-6-2,45-37-19-15-13-16-20-37)35-25-23-34-32-36(26-24-33(34)31-35)40(43-29-11-7-3,44-30-12-8-4)46-38-21-17-14-18-22-38/h13-26,31-32H,5-12,27-30H2,1-4H3. The zero-order valence-electron chi connectivity index (χ0n) is 28.2. The molecule has 6 heteroatoms. The Balaban J connectivity index is 1.77. The first-order valence-electron chi connectivity index (χ1n) is 17.2. The Morgan fingerprint density at radius 3 is 1.04 bits per heavy atom. The minimum atomic E-state index is -1.38. The average molecular weight is 629 g/mol. The summed E-state index contributed by atoms with van der Waals surface area (Å²) in [5, 5.41) is 2.02. The van der Waals surface area contributed by atoms with Gasteiger partial charge in [0.25, 0.3) is 0 Å². The maximum Gasteiger partial charge on any atom is 0.356 e. The van der Waals surface area contributed by atoms with Crippen LogP contribution in [0.4, 0.5) is 0 Å². The SMILES string of the molecule is CCCCOC(OCCCC)(Oc1ccccc1)c1ccc2cc(C(OCCCC)(OCCCC)Oc3ccccc3)ccc2c1. The molecule has 0 heterocycles. The van der Waals surface area contributed by atoms with Gasteiger partial charge in [0.1, 0.15) is 11.5 Å². The second-order valence-electron chi connectivity index (χ2n) is 11.5. The summed E-state index contributed by atoms with van der Waals surface area (Å²) in [7, 11) is 0. The highest BCUT2D eigenvalue weighted by Gasteiger charge is 2.40. The molecule has 0 aliphatic rings. The van der Waals surface area contributed by atoms with E-state index in [9.17, 15) is 0 Å². The molecule has 0 saturated carbocycles. The Labute approximate surface area is 275 Å². The summed E-state index contributed by atoms with van der Waals surface area (Å²) in [6, 6.07) is 31.9. The molecule has 0 aliphatic carbocycles. The minimum absolute atomic E-state index is 0.510. The van der Waals surface area contributed by atoms with Crippen molar-refractivity contribution < 1.29 is 28.4 Å². The minimum Gasteiger partial charge on any atom is -0.435 e. The fourth-order valence-corrected chi connectivity index (χ4v) is 4.97. The van der Waals surface area contributed by atoms with Crippen LogP contribution in [0.15, 0.2) is 97.1 Å².